The van der Waals surface area contributed by atoms with Gasteiger partial charge in [-0.2, -0.15) is 0 Å². The van der Waals surface area contributed by atoms with Crippen LogP contribution >= 0.6 is 7.29 Å². The number of rotatable bonds is 5. The lowest BCUT2D eigenvalue weighted by Gasteiger charge is -2.26. The molecule has 0 saturated heterocycles. The fourth-order valence-corrected chi connectivity index (χ4v) is 4.70. The van der Waals surface area contributed by atoms with Gasteiger partial charge in [-0.25, -0.2) is 4.79 Å². The lowest BCUT2D eigenvalue weighted by atomic mass is 10.2. The maximum Gasteiger partial charge on any atom is 0.440 e. The number of nitrogens with zero attached hydrogens (tertiary/aromatic N) is 1. The van der Waals surface area contributed by atoms with E-state index < -0.39 is 13.4 Å². The third-order valence-electron chi connectivity index (χ3n) is 3.85. The van der Waals surface area contributed by atoms with E-state index in [1.54, 1.807) is 72.8 Å². The molecule has 3 rings (SSSR count). The Bertz CT molecular complexity index is 857. The minimum atomic E-state index is -3.78. The number of hydroxylamine groups is 1. The smallest absolute Gasteiger partial charge is 0.440 e. The summed E-state index contributed by atoms with van der Waals surface area (Å²) in [7, 11) is -3.78. The van der Waals surface area contributed by atoms with Gasteiger partial charge in [0.1, 0.15) is 6.61 Å². The van der Waals surface area contributed by atoms with E-state index in [-0.39, 0.29) is 11.4 Å². The Morgan fingerprint density at radius 2 is 1.23 bits per heavy atom. The molecule has 0 spiro atoms. The topological polar surface area (TPSA) is 66.8 Å². The molecule has 0 unspecified atom stereocenters. The summed E-state index contributed by atoms with van der Waals surface area (Å²) < 4.78 is 18.9. The van der Waals surface area contributed by atoms with Crippen molar-refractivity contribution in [3.63, 3.8) is 0 Å². The van der Waals surface area contributed by atoms with Crippen molar-refractivity contribution in [1.82, 2.24) is 4.83 Å². The lowest BCUT2D eigenvalue weighted by molar-refractivity contribution is -0.00544. The van der Waals surface area contributed by atoms with Gasteiger partial charge in [0.15, 0.2) is 0 Å². The highest BCUT2D eigenvalue weighted by molar-refractivity contribution is 7.76. The van der Waals surface area contributed by atoms with Crippen LogP contribution in [0.15, 0.2) is 91.0 Å². The average molecular weight is 367 g/mol. The van der Waals surface area contributed by atoms with Crippen molar-refractivity contribution in [1.29, 1.82) is 0 Å². The molecule has 0 aliphatic carbocycles. The zero-order valence-corrected chi connectivity index (χ0v) is 14.8. The monoisotopic (exact) mass is 367 g/mol. The van der Waals surface area contributed by atoms with E-state index in [4.69, 9.17) is 4.74 Å². The van der Waals surface area contributed by atoms with Crippen molar-refractivity contribution >= 4 is 24.0 Å². The molecular weight excluding hydrogens is 349 g/mol. The zero-order chi connectivity index (χ0) is 18.4. The molecule has 132 valence electrons. The molecule has 3 aromatic carbocycles. The van der Waals surface area contributed by atoms with Crippen LogP contribution in [-0.4, -0.2) is 16.1 Å². The van der Waals surface area contributed by atoms with Crippen LogP contribution in [0.3, 0.4) is 0 Å². The van der Waals surface area contributed by atoms with E-state index in [0.717, 1.165) is 5.56 Å². The van der Waals surface area contributed by atoms with Crippen molar-refractivity contribution in [2.75, 3.05) is 0 Å². The second-order valence-electron chi connectivity index (χ2n) is 5.58. The molecule has 6 heteroatoms. The Morgan fingerprint density at radius 1 is 0.808 bits per heavy atom. The standard InChI is InChI=1S/C20H18NO4P/c22-20(25-16-17-10-4-1-5-11-17)21(23)26(24,18-12-6-2-7-13-18)19-14-8-3-9-15-19/h1-15,23H,16H2. The van der Waals surface area contributed by atoms with Gasteiger partial charge >= 0.3 is 6.09 Å². The van der Waals surface area contributed by atoms with E-state index in [2.05, 4.69) is 0 Å². The summed E-state index contributed by atoms with van der Waals surface area (Å²) in [5.74, 6) is 0. The molecule has 0 aliphatic heterocycles. The van der Waals surface area contributed by atoms with Crippen LogP contribution < -0.4 is 10.6 Å². The summed E-state index contributed by atoms with van der Waals surface area (Å²) in [4.78, 5) is 12.6. The first-order chi connectivity index (χ1) is 12.6. The Morgan fingerprint density at radius 3 is 1.69 bits per heavy atom. The molecule has 1 N–H and O–H groups in total. The third-order valence-corrected chi connectivity index (χ3v) is 6.54. The zero-order valence-electron chi connectivity index (χ0n) is 13.9. The van der Waals surface area contributed by atoms with E-state index in [1.807, 2.05) is 18.2 Å². The highest BCUT2D eigenvalue weighted by Gasteiger charge is 2.38. The molecule has 3 aromatic rings. The summed E-state index contributed by atoms with van der Waals surface area (Å²) in [6.07, 6.45) is -1.06. The molecular formula is C20H18NO4P. The van der Waals surface area contributed by atoms with Crippen molar-refractivity contribution in [2.45, 2.75) is 6.61 Å². The summed E-state index contributed by atoms with van der Waals surface area (Å²) in [5, 5.41) is 11.2. The number of hydrogen-bond acceptors (Lipinski definition) is 4. The molecule has 0 bridgehead atoms. The van der Waals surface area contributed by atoms with Gasteiger partial charge in [0.2, 0.25) is 0 Å². The molecule has 0 fully saturated rings. The minimum Gasteiger partial charge on any atom is -0.443 e. The normalized spacial score (nSPS) is 11.0. The highest BCUT2D eigenvalue weighted by Crippen LogP contribution is 2.46. The second kappa shape index (κ2) is 8.00. The fraction of sp³-hybridized carbons (Fsp3) is 0.0500. The van der Waals surface area contributed by atoms with Gasteiger partial charge < -0.3 is 4.74 Å². The molecule has 0 atom stereocenters. The maximum atomic E-state index is 13.7. The minimum absolute atomic E-state index is 0.0275. The van der Waals surface area contributed by atoms with Gasteiger partial charge in [-0.15, -0.1) is 4.83 Å². The molecule has 26 heavy (non-hydrogen) atoms. The molecule has 1 amide bonds. The van der Waals surface area contributed by atoms with Gasteiger partial charge in [0.05, 0.1) is 0 Å². The van der Waals surface area contributed by atoms with Crippen molar-refractivity contribution in [3.05, 3.63) is 96.6 Å². The Balaban J connectivity index is 1.89. The van der Waals surface area contributed by atoms with Crippen LogP contribution in [-0.2, 0) is 15.9 Å². The van der Waals surface area contributed by atoms with Gasteiger partial charge in [0.25, 0.3) is 7.29 Å². The predicted molar refractivity (Wildman–Crippen MR) is 100 cm³/mol. The fourth-order valence-electron chi connectivity index (χ4n) is 2.52. The quantitative estimate of drug-likeness (QED) is 0.421. The van der Waals surface area contributed by atoms with Gasteiger partial charge in [-0.3, -0.25) is 9.77 Å². The first kappa shape index (κ1) is 17.9. The Kier molecular flexibility index (Phi) is 5.52. The van der Waals surface area contributed by atoms with Crippen LogP contribution in [0.2, 0.25) is 0 Å². The number of carbonyl (C=O) groups is 1. The molecule has 0 saturated carbocycles. The maximum absolute atomic E-state index is 13.7. The average Bonchev–Trinajstić information content (AvgIpc) is 2.73. The highest BCUT2D eigenvalue weighted by atomic mass is 31.2. The van der Waals surface area contributed by atoms with Gasteiger partial charge in [-0.1, -0.05) is 66.7 Å². The molecule has 0 aliphatic rings. The first-order valence-corrected chi connectivity index (χ1v) is 9.70. The molecule has 0 radical (unpaired) electrons. The SMILES string of the molecule is O=C(OCc1ccccc1)N(O)P(=O)(c1ccccc1)c1ccccc1. The van der Waals surface area contributed by atoms with Crippen LogP contribution in [0.4, 0.5) is 4.79 Å². The number of ether oxygens (including phenoxy) is 1. The van der Waals surface area contributed by atoms with Crippen LogP contribution in [0.25, 0.3) is 0 Å². The van der Waals surface area contributed by atoms with Crippen LogP contribution in [0.1, 0.15) is 5.56 Å². The second-order valence-corrected chi connectivity index (χ2v) is 8.14. The summed E-state index contributed by atoms with van der Waals surface area (Å²) in [6.45, 7) is -0.0275. The number of carbonyl (C=O) groups excluding carboxylic acids is 1. The van der Waals surface area contributed by atoms with Crippen LogP contribution in [0, 0.1) is 0 Å². The van der Waals surface area contributed by atoms with Crippen molar-refractivity contribution in [2.24, 2.45) is 0 Å². The Labute approximate surface area is 151 Å². The Hall–Kier alpha value is -2.88. The third kappa shape index (κ3) is 3.69. The molecule has 0 heterocycles. The van der Waals surface area contributed by atoms with E-state index in [0.29, 0.717) is 10.6 Å². The van der Waals surface area contributed by atoms with Crippen LogP contribution in [0.5, 0.6) is 0 Å². The number of benzene rings is 3. The lowest BCUT2D eigenvalue weighted by Crippen LogP contribution is -2.34. The first-order valence-electron chi connectivity index (χ1n) is 8.04. The summed E-state index contributed by atoms with van der Waals surface area (Å²) in [6, 6.07) is 25.9. The van der Waals surface area contributed by atoms with E-state index in [1.165, 1.54) is 0 Å². The van der Waals surface area contributed by atoms with Crippen molar-refractivity contribution < 1.29 is 19.3 Å². The summed E-state index contributed by atoms with van der Waals surface area (Å²) >= 11 is 0. The van der Waals surface area contributed by atoms with Gasteiger partial charge in [-0.05, 0) is 29.8 Å². The number of hydrogen-bond donors (Lipinski definition) is 1. The number of amides is 1. The molecule has 0 aromatic heterocycles. The summed E-state index contributed by atoms with van der Waals surface area (Å²) in [5.41, 5.74) is 0.767. The molecule has 5 nitrogen and oxygen atoms in total. The predicted octanol–water partition coefficient (Wildman–Crippen LogP) is 3.94. The largest absolute Gasteiger partial charge is 0.443 e. The van der Waals surface area contributed by atoms with E-state index >= 15 is 0 Å². The van der Waals surface area contributed by atoms with Crippen molar-refractivity contribution in [3.8, 4) is 0 Å². The van der Waals surface area contributed by atoms with E-state index in [9.17, 15) is 14.6 Å². The van der Waals surface area contributed by atoms with Gasteiger partial charge in [0, 0.05) is 10.6 Å².